The summed E-state index contributed by atoms with van der Waals surface area (Å²) in [6, 6.07) is 2.01. The van der Waals surface area contributed by atoms with E-state index in [1.807, 2.05) is 17.8 Å². The molecule has 5 rings (SSSR count). The lowest BCUT2D eigenvalue weighted by Crippen LogP contribution is -2.51. The first-order chi connectivity index (χ1) is 10.6. The summed E-state index contributed by atoms with van der Waals surface area (Å²) in [5.74, 6) is 0.886. The normalized spacial score (nSPS) is 29.4. The zero-order valence-corrected chi connectivity index (χ0v) is 12.3. The molecule has 3 N–H and O–H groups in total. The van der Waals surface area contributed by atoms with Gasteiger partial charge in [-0.1, -0.05) is 0 Å². The Morgan fingerprint density at radius 2 is 2.50 bits per heavy atom. The van der Waals surface area contributed by atoms with Crippen LogP contribution in [0.4, 0.5) is 5.95 Å². The van der Waals surface area contributed by atoms with Gasteiger partial charge in [-0.25, -0.2) is 0 Å². The number of fused-ring (bicyclic) bond motifs is 1. The molecule has 0 saturated heterocycles. The second-order valence-electron chi connectivity index (χ2n) is 6.23. The van der Waals surface area contributed by atoms with Gasteiger partial charge in [-0.05, 0) is 31.2 Å². The van der Waals surface area contributed by atoms with Crippen LogP contribution in [0.25, 0.3) is 0 Å². The Hall–Kier alpha value is -2.22. The molecule has 22 heavy (non-hydrogen) atoms. The van der Waals surface area contributed by atoms with Gasteiger partial charge in [0.1, 0.15) is 6.61 Å². The third-order valence-electron chi connectivity index (χ3n) is 5.18. The Labute approximate surface area is 126 Å². The summed E-state index contributed by atoms with van der Waals surface area (Å²) in [6.45, 7) is -0.228. The quantitative estimate of drug-likeness (QED) is 0.754. The van der Waals surface area contributed by atoms with Crippen molar-refractivity contribution in [2.75, 3.05) is 5.32 Å². The highest BCUT2D eigenvalue weighted by Crippen LogP contribution is 2.63. The summed E-state index contributed by atoms with van der Waals surface area (Å²) in [5.41, 5.74) is 1.03. The molecule has 1 amide bonds. The molecule has 2 heterocycles. The highest BCUT2D eigenvalue weighted by molar-refractivity contribution is 5.93. The molecule has 0 aromatic carbocycles. The summed E-state index contributed by atoms with van der Waals surface area (Å²) in [5, 5.41) is 22.5. The molecule has 8 heteroatoms. The number of aliphatic hydroxyl groups excluding tert-OH is 1. The fourth-order valence-corrected chi connectivity index (χ4v) is 4.30. The standard InChI is InChI=1S/C14H18N6O2/c1-20-9(3-5-15-20)14-4-2-8(6-14)11(14)12(22)17-13-16-10(7-21)18-19-13/h3,5,8,11,21H,2,4,6-7H2,1H3,(H2,16,17,18,19,22). The highest BCUT2D eigenvalue weighted by atomic mass is 16.3. The van der Waals surface area contributed by atoms with Crippen LogP contribution < -0.4 is 5.32 Å². The van der Waals surface area contributed by atoms with Gasteiger partial charge in [-0.2, -0.15) is 10.1 Å². The van der Waals surface area contributed by atoms with E-state index < -0.39 is 0 Å². The van der Waals surface area contributed by atoms with Crippen molar-refractivity contribution < 1.29 is 9.90 Å². The number of aliphatic hydroxyl groups is 1. The molecule has 3 unspecified atom stereocenters. The number of rotatable bonds is 4. The van der Waals surface area contributed by atoms with Gasteiger partial charge in [0.15, 0.2) is 5.82 Å². The maximum absolute atomic E-state index is 12.7. The molecule has 2 aromatic rings. The number of amides is 1. The minimum atomic E-state index is -0.228. The zero-order chi connectivity index (χ0) is 15.3. The molecule has 0 spiro atoms. The number of nitrogens with zero attached hydrogens (tertiary/aromatic N) is 4. The number of aryl methyl sites for hydroxylation is 1. The SMILES string of the molecule is Cn1nccc1C12CCC(C1)C2C(=O)Nc1n[nH]c(CO)n1. The summed E-state index contributed by atoms with van der Waals surface area (Å²) in [4.78, 5) is 16.7. The van der Waals surface area contributed by atoms with Crippen molar-refractivity contribution in [3.63, 3.8) is 0 Å². The maximum Gasteiger partial charge on any atom is 0.248 e. The molecule has 3 aliphatic carbocycles. The van der Waals surface area contributed by atoms with E-state index in [9.17, 15) is 4.79 Å². The van der Waals surface area contributed by atoms with Gasteiger partial charge >= 0.3 is 0 Å². The van der Waals surface area contributed by atoms with Crippen LogP contribution in [0, 0.1) is 11.8 Å². The summed E-state index contributed by atoms with van der Waals surface area (Å²) < 4.78 is 1.87. The maximum atomic E-state index is 12.7. The minimum Gasteiger partial charge on any atom is -0.388 e. The van der Waals surface area contributed by atoms with Crippen molar-refractivity contribution in [3.8, 4) is 0 Å². The summed E-state index contributed by atoms with van der Waals surface area (Å²) in [7, 11) is 1.92. The number of aromatic amines is 1. The van der Waals surface area contributed by atoms with Gasteiger partial charge in [-0.15, -0.1) is 5.10 Å². The topological polar surface area (TPSA) is 109 Å². The van der Waals surface area contributed by atoms with E-state index in [0.29, 0.717) is 11.7 Å². The third-order valence-corrected chi connectivity index (χ3v) is 5.18. The number of H-pyrrole nitrogens is 1. The molecule has 2 aromatic heterocycles. The first-order valence-corrected chi connectivity index (χ1v) is 7.45. The Bertz CT molecular complexity index is 718. The smallest absolute Gasteiger partial charge is 0.248 e. The van der Waals surface area contributed by atoms with Crippen molar-refractivity contribution in [2.24, 2.45) is 18.9 Å². The van der Waals surface area contributed by atoms with Gasteiger partial charge in [0, 0.05) is 24.4 Å². The van der Waals surface area contributed by atoms with Crippen molar-refractivity contribution in [1.29, 1.82) is 0 Å². The van der Waals surface area contributed by atoms with E-state index in [2.05, 4.69) is 25.6 Å². The molecule has 116 valence electrons. The average molecular weight is 302 g/mol. The van der Waals surface area contributed by atoms with Crippen molar-refractivity contribution in [2.45, 2.75) is 31.3 Å². The number of aromatic nitrogens is 5. The fourth-order valence-electron chi connectivity index (χ4n) is 4.30. The van der Waals surface area contributed by atoms with Gasteiger partial charge in [-0.3, -0.25) is 19.9 Å². The number of carbonyl (C=O) groups is 1. The lowest BCUT2D eigenvalue weighted by atomic mass is 9.58. The molecule has 3 saturated carbocycles. The lowest BCUT2D eigenvalue weighted by molar-refractivity contribution is -0.127. The summed E-state index contributed by atoms with van der Waals surface area (Å²) >= 11 is 0. The molecule has 8 nitrogen and oxygen atoms in total. The van der Waals surface area contributed by atoms with Crippen LogP contribution in [0.15, 0.2) is 12.3 Å². The van der Waals surface area contributed by atoms with Crippen LogP contribution in [0.5, 0.6) is 0 Å². The van der Waals surface area contributed by atoms with Crippen LogP contribution in [0.1, 0.15) is 30.8 Å². The molecule has 0 aliphatic heterocycles. The van der Waals surface area contributed by atoms with E-state index in [1.54, 1.807) is 6.20 Å². The molecular formula is C14H18N6O2. The van der Waals surface area contributed by atoms with Crippen LogP contribution >= 0.6 is 0 Å². The molecule has 0 radical (unpaired) electrons. The van der Waals surface area contributed by atoms with Crippen molar-refractivity contribution in [3.05, 3.63) is 23.8 Å². The predicted octanol–water partition coefficient (Wildman–Crippen LogP) is 0.337. The van der Waals surface area contributed by atoms with E-state index in [4.69, 9.17) is 5.11 Å². The number of hydrogen-bond donors (Lipinski definition) is 3. The number of carbonyl (C=O) groups excluding carboxylic acids is 1. The van der Waals surface area contributed by atoms with E-state index in [-0.39, 0.29) is 29.8 Å². The first-order valence-electron chi connectivity index (χ1n) is 7.45. The van der Waals surface area contributed by atoms with Gasteiger partial charge < -0.3 is 5.11 Å². The number of hydrogen-bond acceptors (Lipinski definition) is 5. The molecule has 2 bridgehead atoms. The zero-order valence-electron chi connectivity index (χ0n) is 12.3. The molecule has 3 atom stereocenters. The largest absolute Gasteiger partial charge is 0.388 e. The van der Waals surface area contributed by atoms with E-state index in [1.165, 1.54) is 0 Å². The number of nitrogens with one attached hydrogen (secondary N) is 2. The Morgan fingerprint density at radius 1 is 1.64 bits per heavy atom. The Morgan fingerprint density at radius 3 is 3.14 bits per heavy atom. The summed E-state index contributed by atoms with van der Waals surface area (Å²) in [6.07, 6.45) is 4.91. The Balaban J connectivity index is 1.57. The van der Waals surface area contributed by atoms with Crippen LogP contribution in [0.3, 0.4) is 0 Å². The van der Waals surface area contributed by atoms with E-state index in [0.717, 1.165) is 25.0 Å². The number of anilines is 1. The second kappa shape index (κ2) is 4.64. The predicted molar refractivity (Wildman–Crippen MR) is 76.7 cm³/mol. The van der Waals surface area contributed by atoms with Crippen molar-refractivity contribution >= 4 is 11.9 Å². The van der Waals surface area contributed by atoms with Crippen molar-refractivity contribution in [1.82, 2.24) is 25.0 Å². The van der Waals surface area contributed by atoms with Crippen LogP contribution in [-0.4, -0.2) is 36.0 Å². The average Bonchev–Trinajstić information content (AvgIpc) is 3.20. The van der Waals surface area contributed by atoms with Gasteiger partial charge in [0.2, 0.25) is 11.9 Å². The third kappa shape index (κ3) is 1.73. The molecule has 3 fully saturated rings. The second-order valence-corrected chi connectivity index (χ2v) is 6.23. The Kier molecular flexibility index (Phi) is 2.83. The van der Waals surface area contributed by atoms with Gasteiger partial charge in [0.05, 0.1) is 5.92 Å². The van der Waals surface area contributed by atoms with Gasteiger partial charge in [0.25, 0.3) is 0 Å². The molecule has 3 aliphatic rings. The molecular weight excluding hydrogens is 284 g/mol. The lowest BCUT2D eigenvalue weighted by Gasteiger charge is -2.46. The van der Waals surface area contributed by atoms with E-state index >= 15 is 0 Å². The first kappa shape index (κ1) is 13.4. The fraction of sp³-hybridized carbons (Fsp3) is 0.571. The highest BCUT2D eigenvalue weighted by Gasteiger charge is 2.63. The van der Waals surface area contributed by atoms with Crippen LogP contribution in [-0.2, 0) is 23.9 Å². The van der Waals surface area contributed by atoms with Crippen LogP contribution in [0.2, 0.25) is 0 Å². The monoisotopic (exact) mass is 302 g/mol. The minimum absolute atomic E-state index is 0.0431.